The van der Waals surface area contributed by atoms with E-state index in [2.05, 4.69) is 19.9 Å². The minimum atomic E-state index is 0.177. The number of nitrogens with two attached hydrogens (primary N) is 1. The average molecular weight is 280 g/mol. The lowest BCUT2D eigenvalue weighted by Gasteiger charge is -2.20. The third kappa shape index (κ3) is 2.13. The van der Waals surface area contributed by atoms with Crippen LogP contribution in [0.25, 0.3) is 17.1 Å². The van der Waals surface area contributed by atoms with Crippen molar-refractivity contribution in [3.63, 3.8) is 0 Å². The van der Waals surface area contributed by atoms with Crippen molar-refractivity contribution in [1.29, 1.82) is 0 Å². The molecule has 6 heteroatoms. The molecule has 1 aliphatic rings. The van der Waals surface area contributed by atoms with Crippen LogP contribution in [-0.2, 0) is 13.0 Å². The van der Waals surface area contributed by atoms with Crippen molar-refractivity contribution < 1.29 is 0 Å². The Morgan fingerprint density at radius 1 is 1.14 bits per heavy atom. The normalized spacial score (nSPS) is 17.7. The molecular formula is C15H16N6. The van der Waals surface area contributed by atoms with Gasteiger partial charge in [-0.3, -0.25) is 0 Å². The zero-order valence-corrected chi connectivity index (χ0v) is 11.6. The molecule has 2 N–H and O–H groups in total. The van der Waals surface area contributed by atoms with Crippen LogP contribution in [0, 0.1) is 0 Å². The highest BCUT2D eigenvalue weighted by Gasteiger charge is 2.21. The fourth-order valence-corrected chi connectivity index (χ4v) is 2.73. The predicted molar refractivity (Wildman–Crippen MR) is 78.9 cm³/mol. The van der Waals surface area contributed by atoms with E-state index in [1.54, 1.807) is 0 Å². The van der Waals surface area contributed by atoms with Gasteiger partial charge in [-0.15, -0.1) is 10.2 Å². The van der Waals surface area contributed by atoms with E-state index in [-0.39, 0.29) is 6.04 Å². The van der Waals surface area contributed by atoms with E-state index in [0.29, 0.717) is 0 Å². The second kappa shape index (κ2) is 4.82. The molecule has 0 saturated carbocycles. The number of para-hydroxylation sites is 1. The monoisotopic (exact) mass is 280 g/mol. The standard InChI is InChI=1S/C15H16N6/c16-12-6-7-14-18-19-15(20(14)10-12)11-8-17-21(9-11)13-4-2-1-3-5-13/h1-5,8-9,12H,6-7,10,16H2. The van der Waals surface area contributed by atoms with Crippen molar-refractivity contribution in [3.8, 4) is 17.1 Å². The number of nitrogens with zero attached hydrogens (tertiary/aromatic N) is 5. The molecule has 1 aromatic carbocycles. The number of rotatable bonds is 2. The fourth-order valence-electron chi connectivity index (χ4n) is 2.73. The SMILES string of the molecule is NC1CCc2nnc(-c3cnn(-c4ccccc4)c3)n2C1. The van der Waals surface area contributed by atoms with Gasteiger partial charge in [0.2, 0.25) is 0 Å². The highest BCUT2D eigenvalue weighted by Crippen LogP contribution is 2.23. The summed E-state index contributed by atoms with van der Waals surface area (Å²) >= 11 is 0. The molecule has 1 unspecified atom stereocenters. The number of hydrogen-bond acceptors (Lipinski definition) is 4. The third-order valence-electron chi connectivity index (χ3n) is 3.84. The number of hydrogen-bond donors (Lipinski definition) is 1. The Morgan fingerprint density at radius 2 is 2.00 bits per heavy atom. The summed E-state index contributed by atoms with van der Waals surface area (Å²) in [6, 6.07) is 10.2. The molecule has 21 heavy (non-hydrogen) atoms. The van der Waals surface area contributed by atoms with Crippen molar-refractivity contribution in [3.05, 3.63) is 48.5 Å². The Balaban J connectivity index is 1.72. The largest absolute Gasteiger partial charge is 0.326 e. The molecule has 1 atom stereocenters. The van der Waals surface area contributed by atoms with Gasteiger partial charge in [-0.05, 0) is 18.6 Å². The Morgan fingerprint density at radius 3 is 2.86 bits per heavy atom. The van der Waals surface area contributed by atoms with Gasteiger partial charge in [0.25, 0.3) is 0 Å². The molecule has 3 heterocycles. The smallest absolute Gasteiger partial charge is 0.167 e. The lowest BCUT2D eigenvalue weighted by molar-refractivity contribution is 0.456. The maximum atomic E-state index is 6.05. The second-order valence-corrected chi connectivity index (χ2v) is 5.36. The molecule has 0 aliphatic carbocycles. The van der Waals surface area contributed by atoms with Crippen molar-refractivity contribution in [2.75, 3.05) is 0 Å². The summed E-state index contributed by atoms with van der Waals surface area (Å²) in [7, 11) is 0. The summed E-state index contributed by atoms with van der Waals surface area (Å²) in [4.78, 5) is 0. The topological polar surface area (TPSA) is 74.6 Å². The van der Waals surface area contributed by atoms with Crippen molar-refractivity contribution >= 4 is 0 Å². The van der Waals surface area contributed by atoms with Crippen LogP contribution >= 0.6 is 0 Å². The van der Waals surface area contributed by atoms with Gasteiger partial charge in [0, 0.05) is 25.2 Å². The van der Waals surface area contributed by atoms with Crippen LogP contribution in [0.15, 0.2) is 42.7 Å². The summed E-state index contributed by atoms with van der Waals surface area (Å²) in [5, 5.41) is 13.0. The first-order valence-electron chi connectivity index (χ1n) is 7.09. The zero-order valence-electron chi connectivity index (χ0n) is 11.6. The molecule has 3 aromatic rings. The maximum absolute atomic E-state index is 6.05. The molecule has 6 nitrogen and oxygen atoms in total. The molecule has 0 radical (unpaired) electrons. The van der Waals surface area contributed by atoms with Gasteiger partial charge >= 0.3 is 0 Å². The van der Waals surface area contributed by atoms with Crippen LogP contribution < -0.4 is 5.73 Å². The van der Waals surface area contributed by atoms with E-state index in [9.17, 15) is 0 Å². The molecule has 0 spiro atoms. The Labute approximate surface area is 122 Å². The zero-order chi connectivity index (χ0) is 14.2. The van der Waals surface area contributed by atoms with E-state index in [1.165, 1.54) is 0 Å². The Kier molecular flexibility index (Phi) is 2.82. The van der Waals surface area contributed by atoms with E-state index >= 15 is 0 Å². The molecule has 0 fully saturated rings. The van der Waals surface area contributed by atoms with Gasteiger partial charge in [0.15, 0.2) is 5.82 Å². The van der Waals surface area contributed by atoms with Crippen molar-refractivity contribution in [1.82, 2.24) is 24.5 Å². The molecule has 0 bridgehead atoms. The average Bonchev–Trinajstić information content (AvgIpc) is 3.14. The minimum Gasteiger partial charge on any atom is -0.326 e. The maximum Gasteiger partial charge on any atom is 0.167 e. The molecule has 2 aromatic heterocycles. The first-order chi connectivity index (χ1) is 10.3. The van der Waals surface area contributed by atoms with E-state index < -0.39 is 0 Å². The van der Waals surface area contributed by atoms with Crippen LogP contribution in [0.4, 0.5) is 0 Å². The first kappa shape index (κ1) is 12.3. The molecule has 0 saturated heterocycles. The Hall–Kier alpha value is -2.47. The highest BCUT2D eigenvalue weighted by molar-refractivity contribution is 5.54. The number of aryl methyl sites for hydroxylation is 1. The lowest BCUT2D eigenvalue weighted by atomic mass is 10.1. The van der Waals surface area contributed by atoms with Gasteiger partial charge < -0.3 is 10.3 Å². The van der Waals surface area contributed by atoms with Gasteiger partial charge in [0.1, 0.15) is 5.82 Å². The third-order valence-corrected chi connectivity index (χ3v) is 3.84. The van der Waals surface area contributed by atoms with E-state index in [4.69, 9.17) is 5.73 Å². The molecule has 106 valence electrons. The summed E-state index contributed by atoms with van der Waals surface area (Å²) in [5.41, 5.74) is 8.05. The first-order valence-corrected chi connectivity index (χ1v) is 7.09. The highest BCUT2D eigenvalue weighted by atomic mass is 15.3. The summed E-state index contributed by atoms with van der Waals surface area (Å²) < 4.78 is 3.96. The number of fused-ring (bicyclic) bond motifs is 1. The van der Waals surface area contributed by atoms with Crippen LogP contribution in [0.3, 0.4) is 0 Å². The fraction of sp³-hybridized carbons (Fsp3) is 0.267. The molecule has 1 aliphatic heterocycles. The van der Waals surface area contributed by atoms with Crippen molar-refractivity contribution in [2.45, 2.75) is 25.4 Å². The van der Waals surface area contributed by atoms with E-state index in [0.717, 1.165) is 42.3 Å². The molecular weight excluding hydrogens is 264 g/mol. The Bertz CT molecular complexity index is 758. The minimum absolute atomic E-state index is 0.177. The van der Waals surface area contributed by atoms with Crippen LogP contribution in [0.2, 0.25) is 0 Å². The number of aromatic nitrogens is 5. The predicted octanol–water partition coefficient (Wildman–Crippen LogP) is 1.40. The second-order valence-electron chi connectivity index (χ2n) is 5.36. The van der Waals surface area contributed by atoms with Crippen molar-refractivity contribution in [2.24, 2.45) is 5.73 Å². The summed E-state index contributed by atoms with van der Waals surface area (Å²) in [6.07, 6.45) is 5.67. The van der Waals surface area contributed by atoms with Crippen LogP contribution in [0.5, 0.6) is 0 Å². The van der Waals surface area contributed by atoms with Gasteiger partial charge in [0.05, 0.1) is 17.4 Å². The van der Waals surface area contributed by atoms with Crippen LogP contribution in [-0.4, -0.2) is 30.6 Å². The number of benzene rings is 1. The lowest BCUT2D eigenvalue weighted by Crippen LogP contribution is -2.32. The van der Waals surface area contributed by atoms with E-state index in [1.807, 2.05) is 47.4 Å². The molecule has 0 amide bonds. The quantitative estimate of drug-likeness (QED) is 0.770. The van der Waals surface area contributed by atoms with Gasteiger partial charge in [-0.1, -0.05) is 18.2 Å². The summed E-state index contributed by atoms with van der Waals surface area (Å²) in [6.45, 7) is 0.772. The van der Waals surface area contributed by atoms with Gasteiger partial charge in [-0.25, -0.2) is 4.68 Å². The molecule has 4 rings (SSSR count). The van der Waals surface area contributed by atoms with Gasteiger partial charge in [-0.2, -0.15) is 5.10 Å². The van der Waals surface area contributed by atoms with Crippen LogP contribution in [0.1, 0.15) is 12.2 Å². The summed E-state index contributed by atoms with van der Waals surface area (Å²) in [5.74, 6) is 1.86.